The molecule has 4 rings (SSSR count). The number of carboxylic acid groups (broad SMARTS) is 1. The summed E-state index contributed by atoms with van der Waals surface area (Å²) in [5, 5.41) is 9.48. The first-order valence-electron chi connectivity index (χ1n) is 10.7. The van der Waals surface area contributed by atoms with E-state index in [1.54, 1.807) is 34.9 Å². The van der Waals surface area contributed by atoms with Gasteiger partial charge in [0.2, 0.25) is 0 Å². The van der Waals surface area contributed by atoms with E-state index in [1.807, 2.05) is 6.92 Å². The second kappa shape index (κ2) is 9.23. The summed E-state index contributed by atoms with van der Waals surface area (Å²) in [6.07, 6.45) is 1.18. The number of carbonyl (C=O) groups is 1. The highest BCUT2D eigenvalue weighted by atomic mass is 19.1. The second-order valence-corrected chi connectivity index (χ2v) is 7.78. The predicted molar refractivity (Wildman–Crippen MR) is 121 cm³/mol. The molecule has 0 atom stereocenters. The molecular weight excluding hydrogens is 427 g/mol. The number of aromatic amines is 1. The standard InChI is InChI=1S/C24H23FN4O4/c1-2-11-29-22(30)20-21(27-24(29)33)28(12-10-16-7-3-4-9-18(16)23(31)32)19(26-20)14-15-6-5-8-17(25)13-15/h3-9,13H,2,10-12,14H2,1H3,(H,27,33)(H,31,32). The van der Waals surface area contributed by atoms with Gasteiger partial charge in [0.15, 0.2) is 5.52 Å². The van der Waals surface area contributed by atoms with Gasteiger partial charge in [-0.25, -0.2) is 19.0 Å². The van der Waals surface area contributed by atoms with Crippen LogP contribution in [0, 0.1) is 5.82 Å². The largest absolute Gasteiger partial charge is 0.478 e. The number of nitrogens with one attached hydrogen (secondary N) is 1. The first-order chi connectivity index (χ1) is 15.9. The molecule has 4 aromatic rings. The molecule has 0 saturated carbocycles. The van der Waals surface area contributed by atoms with E-state index >= 15 is 0 Å². The molecule has 0 spiro atoms. The lowest BCUT2D eigenvalue weighted by Crippen LogP contribution is -2.35. The van der Waals surface area contributed by atoms with Gasteiger partial charge in [-0.2, -0.15) is 0 Å². The number of hydrogen-bond donors (Lipinski definition) is 2. The third-order valence-corrected chi connectivity index (χ3v) is 5.52. The van der Waals surface area contributed by atoms with Gasteiger partial charge in [0.25, 0.3) is 5.56 Å². The Morgan fingerprint density at radius 3 is 2.61 bits per heavy atom. The van der Waals surface area contributed by atoms with Gasteiger partial charge in [0.05, 0.1) is 5.56 Å². The number of H-pyrrole nitrogens is 1. The molecular formula is C24H23FN4O4. The van der Waals surface area contributed by atoms with Crippen molar-refractivity contribution in [3.8, 4) is 0 Å². The summed E-state index contributed by atoms with van der Waals surface area (Å²) in [5.41, 5.74) is 0.850. The molecule has 2 aromatic heterocycles. The fourth-order valence-corrected chi connectivity index (χ4v) is 3.98. The van der Waals surface area contributed by atoms with Gasteiger partial charge in [-0.1, -0.05) is 37.3 Å². The van der Waals surface area contributed by atoms with E-state index in [9.17, 15) is 23.9 Å². The van der Waals surface area contributed by atoms with Crippen LogP contribution in [-0.2, 0) is 25.9 Å². The van der Waals surface area contributed by atoms with E-state index in [-0.39, 0.29) is 42.1 Å². The Bertz CT molecular complexity index is 1450. The van der Waals surface area contributed by atoms with Crippen molar-refractivity contribution in [3.05, 3.63) is 97.7 Å². The molecule has 0 aliphatic heterocycles. The van der Waals surface area contributed by atoms with Gasteiger partial charge < -0.3 is 9.67 Å². The van der Waals surface area contributed by atoms with Crippen molar-refractivity contribution in [2.75, 3.05) is 0 Å². The number of rotatable bonds is 8. The molecule has 2 aromatic carbocycles. The van der Waals surface area contributed by atoms with Crippen LogP contribution in [0.25, 0.3) is 11.2 Å². The van der Waals surface area contributed by atoms with Crippen molar-refractivity contribution in [1.29, 1.82) is 0 Å². The summed E-state index contributed by atoms with van der Waals surface area (Å²) < 4.78 is 16.6. The summed E-state index contributed by atoms with van der Waals surface area (Å²) in [4.78, 5) is 44.4. The number of nitrogens with zero attached hydrogens (tertiary/aromatic N) is 3. The molecule has 33 heavy (non-hydrogen) atoms. The van der Waals surface area contributed by atoms with E-state index in [2.05, 4.69) is 9.97 Å². The molecule has 170 valence electrons. The van der Waals surface area contributed by atoms with Crippen molar-refractivity contribution in [2.24, 2.45) is 0 Å². The summed E-state index contributed by atoms with van der Waals surface area (Å²) in [6, 6.07) is 12.8. The number of aromatic nitrogens is 4. The monoisotopic (exact) mass is 450 g/mol. The minimum absolute atomic E-state index is 0.126. The van der Waals surface area contributed by atoms with Crippen molar-refractivity contribution >= 4 is 17.1 Å². The lowest BCUT2D eigenvalue weighted by atomic mass is 10.0. The maximum absolute atomic E-state index is 13.7. The Balaban J connectivity index is 1.82. The lowest BCUT2D eigenvalue weighted by molar-refractivity contribution is 0.0695. The SMILES string of the molecule is CCCn1c(=O)[nH]c2c(nc(Cc3cccc(F)c3)n2CCc2ccccc2C(=O)O)c1=O. The Labute approximate surface area is 188 Å². The van der Waals surface area contributed by atoms with Crippen LogP contribution in [0.1, 0.15) is 40.7 Å². The first-order valence-corrected chi connectivity index (χ1v) is 10.7. The number of halogens is 1. The zero-order chi connectivity index (χ0) is 23.5. The molecule has 0 saturated heterocycles. The third kappa shape index (κ3) is 4.48. The van der Waals surface area contributed by atoms with E-state index in [0.29, 0.717) is 29.8 Å². The molecule has 0 radical (unpaired) electrons. The lowest BCUT2D eigenvalue weighted by Gasteiger charge is -2.11. The fourth-order valence-electron chi connectivity index (χ4n) is 3.98. The fraction of sp³-hybridized carbons (Fsp3) is 0.250. The second-order valence-electron chi connectivity index (χ2n) is 7.78. The Kier molecular flexibility index (Phi) is 6.21. The summed E-state index contributed by atoms with van der Waals surface area (Å²) >= 11 is 0. The van der Waals surface area contributed by atoms with Crippen LogP contribution in [0.15, 0.2) is 58.1 Å². The van der Waals surface area contributed by atoms with Crippen LogP contribution in [0.4, 0.5) is 4.39 Å². The van der Waals surface area contributed by atoms with Gasteiger partial charge in [0, 0.05) is 19.5 Å². The quantitative estimate of drug-likeness (QED) is 0.429. The van der Waals surface area contributed by atoms with Crippen LogP contribution >= 0.6 is 0 Å². The van der Waals surface area contributed by atoms with E-state index in [0.717, 1.165) is 4.57 Å². The molecule has 0 aliphatic rings. The van der Waals surface area contributed by atoms with Crippen molar-refractivity contribution in [2.45, 2.75) is 39.3 Å². The van der Waals surface area contributed by atoms with Gasteiger partial charge in [-0.05, 0) is 42.2 Å². The Morgan fingerprint density at radius 1 is 1.09 bits per heavy atom. The molecule has 0 fully saturated rings. The summed E-state index contributed by atoms with van der Waals surface area (Å²) in [5.74, 6) is -0.938. The van der Waals surface area contributed by atoms with Crippen LogP contribution in [-0.4, -0.2) is 30.2 Å². The Morgan fingerprint density at radius 2 is 1.88 bits per heavy atom. The number of carboxylic acids is 1. The third-order valence-electron chi connectivity index (χ3n) is 5.52. The molecule has 0 aliphatic carbocycles. The molecule has 0 bridgehead atoms. The van der Waals surface area contributed by atoms with Crippen molar-refractivity contribution in [1.82, 2.24) is 19.1 Å². The molecule has 2 heterocycles. The summed E-state index contributed by atoms with van der Waals surface area (Å²) in [7, 11) is 0. The highest BCUT2D eigenvalue weighted by molar-refractivity contribution is 5.89. The number of hydrogen-bond acceptors (Lipinski definition) is 4. The smallest absolute Gasteiger partial charge is 0.335 e. The number of aromatic carboxylic acids is 1. The van der Waals surface area contributed by atoms with Crippen LogP contribution < -0.4 is 11.2 Å². The van der Waals surface area contributed by atoms with Crippen LogP contribution in [0.5, 0.6) is 0 Å². The van der Waals surface area contributed by atoms with E-state index in [4.69, 9.17) is 0 Å². The van der Waals surface area contributed by atoms with Gasteiger partial charge in [-0.3, -0.25) is 14.3 Å². The van der Waals surface area contributed by atoms with Gasteiger partial charge in [0.1, 0.15) is 17.3 Å². The minimum atomic E-state index is -1.03. The average molecular weight is 450 g/mol. The predicted octanol–water partition coefficient (Wildman–Crippen LogP) is 2.97. The minimum Gasteiger partial charge on any atom is -0.478 e. The number of aryl methyl sites for hydroxylation is 2. The van der Waals surface area contributed by atoms with Crippen molar-refractivity contribution in [3.63, 3.8) is 0 Å². The van der Waals surface area contributed by atoms with E-state index < -0.39 is 17.2 Å². The number of benzene rings is 2. The number of fused-ring (bicyclic) bond motifs is 1. The zero-order valence-electron chi connectivity index (χ0n) is 18.0. The highest BCUT2D eigenvalue weighted by Gasteiger charge is 2.19. The van der Waals surface area contributed by atoms with E-state index in [1.165, 1.54) is 18.2 Å². The molecule has 8 nitrogen and oxygen atoms in total. The normalized spacial score (nSPS) is 11.2. The van der Waals surface area contributed by atoms with Crippen LogP contribution in [0.2, 0.25) is 0 Å². The zero-order valence-corrected chi connectivity index (χ0v) is 18.0. The molecule has 0 amide bonds. The first kappa shape index (κ1) is 22.2. The maximum Gasteiger partial charge on any atom is 0.335 e. The van der Waals surface area contributed by atoms with Gasteiger partial charge >= 0.3 is 11.7 Å². The average Bonchev–Trinajstić information content (AvgIpc) is 3.12. The molecule has 0 unspecified atom stereocenters. The van der Waals surface area contributed by atoms with Crippen molar-refractivity contribution < 1.29 is 14.3 Å². The number of imidazole rings is 1. The maximum atomic E-state index is 13.7. The Hall–Kier alpha value is -4.01. The van der Waals surface area contributed by atoms with Gasteiger partial charge in [-0.15, -0.1) is 0 Å². The molecule has 2 N–H and O–H groups in total. The van der Waals surface area contributed by atoms with Crippen LogP contribution in [0.3, 0.4) is 0 Å². The topological polar surface area (TPSA) is 110 Å². The highest BCUT2D eigenvalue weighted by Crippen LogP contribution is 2.18. The molecule has 9 heteroatoms. The summed E-state index contributed by atoms with van der Waals surface area (Å²) in [6.45, 7) is 2.41.